The Balaban J connectivity index is 1.65. The highest BCUT2D eigenvalue weighted by Gasteiger charge is 2.28. The number of hydrogen-bond acceptors (Lipinski definition) is 7. The molecule has 0 N–H and O–H groups in total. The number of aromatic nitrogens is 2. The number of rotatable bonds is 6. The fourth-order valence-corrected chi connectivity index (χ4v) is 3.73. The van der Waals surface area contributed by atoms with Gasteiger partial charge >= 0.3 is 5.97 Å². The standard InChI is InChI=1S/C18H23N3O3S/c1-3-24-17(22)14-7-5-9-21(12-14)18-19-16(20-25-18)11-13-6-4-8-15(10-13)23-2/h4,6,8,10,14H,3,5,7,9,11-12H2,1-2H3. The average molecular weight is 361 g/mol. The lowest BCUT2D eigenvalue weighted by atomic mass is 9.99. The third-order valence-corrected chi connectivity index (χ3v) is 5.08. The van der Waals surface area contributed by atoms with Crippen molar-refractivity contribution in [2.75, 3.05) is 31.7 Å². The Hall–Kier alpha value is -2.15. The second kappa shape index (κ2) is 8.29. The van der Waals surface area contributed by atoms with Crippen LogP contribution < -0.4 is 9.64 Å². The number of carbonyl (C=O) groups is 1. The lowest BCUT2D eigenvalue weighted by Crippen LogP contribution is -2.39. The van der Waals surface area contributed by atoms with E-state index in [2.05, 4.69) is 14.3 Å². The predicted molar refractivity (Wildman–Crippen MR) is 97.3 cm³/mol. The third-order valence-electron chi connectivity index (χ3n) is 4.27. The number of ether oxygens (including phenoxy) is 2. The summed E-state index contributed by atoms with van der Waals surface area (Å²) in [6.07, 6.45) is 2.52. The first-order valence-electron chi connectivity index (χ1n) is 8.56. The second-order valence-corrected chi connectivity index (χ2v) is 6.79. The van der Waals surface area contributed by atoms with Gasteiger partial charge in [0.15, 0.2) is 0 Å². The number of nitrogens with zero attached hydrogens (tertiary/aromatic N) is 3. The normalized spacial score (nSPS) is 17.4. The molecule has 1 aromatic heterocycles. The topological polar surface area (TPSA) is 64.5 Å². The molecule has 1 aliphatic heterocycles. The molecule has 1 unspecified atom stereocenters. The first-order valence-corrected chi connectivity index (χ1v) is 9.34. The maximum Gasteiger partial charge on any atom is 0.310 e. The maximum absolute atomic E-state index is 12.0. The smallest absolute Gasteiger partial charge is 0.310 e. The SMILES string of the molecule is CCOC(=O)C1CCCN(c2nc(Cc3cccc(OC)c3)ns2)C1. The molecule has 2 aromatic rings. The second-order valence-electron chi connectivity index (χ2n) is 6.06. The van der Waals surface area contributed by atoms with Crippen LogP contribution in [0, 0.1) is 5.92 Å². The van der Waals surface area contributed by atoms with Crippen molar-refractivity contribution in [1.82, 2.24) is 9.36 Å². The fourth-order valence-electron chi connectivity index (χ4n) is 3.01. The van der Waals surface area contributed by atoms with Crippen LogP contribution in [0.15, 0.2) is 24.3 Å². The number of esters is 1. The van der Waals surface area contributed by atoms with Crippen molar-refractivity contribution in [2.24, 2.45) is 5.92 Å². The quantitative estimate of drug-likeness (QED) is 0.737. The van der Waals surface area contributed by atoms with E-state index in [0.717, 1.165) is 41.7 Å². The van der Waals surface area contributed by atoms with Gasteiger partial charge in [-0.15, -0.1) is 0 Å². The summed E-state index contributed by atoms with van der Waals surface area (Å²) in [6, 6.07) is 7.93. The van der Waals surface area contributed by atoms with E-state index in [4.69, 9.17) is 9.47 Å². The van der Waals surface area contributed by atoms with Crippen LogP contribution in [0.3, 0.4) is 0 Å². The molecule has 1 atom stereocenters. The van der Waals surface area contributed by atoms with Crippen LogP contribution in [0.1, 0.15) is 31.2 Å². The Bertz CT molecular complexity index is 719. The molecule has 0 aliphatic carbocycles. The summed E-state index contributed by atoms with van der Waals surface area (Å²) in [5.74, 6) is 1.46. The summed E-state index contributed by atoms with van der Waals surface area (Å²) in [5, 5.41) is 0.881. The number of piperidine rings is 1. The van der Waals surface area contributed by atoms with Crippen molar-refractivity contribution in [3.05, 3.63) is 35.7 Å². The van der Waals surface area contributed by atoms with Gasteiger partial charge in [-0.25, -0.2) is 4.98 Å². The van der Waals surface area contributed by atoms with Crippen molar-refractivity contribution in [2.45, 2.75) is 26.2 Å². The molecule has 134 valence electrons. The molecule has 0 spiro atoms. The molecule has 2 heterocycles. The van der Waals surface area contributed by atoms with Crippen LogP contribution in [0.5, 0.6) is 5.75 Å². The van der Waals surface area contributed by atoms with Gasteiger partial charge in [0.25, 0.3) is 0 Å². The number of carbonyl (C=O) groups excluding carboxylic acids is 1. The highest BCUT2D eigenvalue weighted by atomic mass is 32.1. The molecular formula is C18H23N3O3S. The summed E-state index contributed by atoms with van der Waals surface area (Å²) in [5.41, 5.74) is 1.12. The van der Waals surface area contributed by atoms with E-state index in [0.29, 0.717) is 19.6 Å². The molecule has 0 saturated carbocycles. The summed E-state index contributed by atoms with van der Waals surface area (Å²) in [4.78, 5) is 18.8. The van der Waals surface area contributed by atoms with Crippen molar-refractivity contribution in [1.29, 1.82) is 0 Å². The van der Waals surface area contributed by atoms with Gasteiger partial charge in [0, 0.05) is 31.0 Å². The van der Waals surface area contributed by atoms with Gasteiger partial charge in [-0.3, -0.25) is 4.79 Å². The van der Waals surface area contributed by atoms with Gasteiger partial charge in [0.1, 0.15) is 11.6 Å². The fraction of sp³-hybridized carbons (Fsp3) is 0.500. The minimum Gasteiger partial charge on any atom is -0.497 e. The van der Waals surface area contributed by atoms with Crippen LogP contribution >= 0.6 is 11.5 Å². The van der Waals surface area contributed by atoms with E-state index >= 15 is 0 Å². The van der Waals surface area contributed by atoms with Gasteiger partial charge in [0.2, 0.25) is 5.13 Å². The molecule has 25 heavy (non-hydrogen) atoms. The Labute approximate surface area is 152 Å². The van der Waals surface area contributed by atoms with Crippen LogP contribution in [-0.2, 0) is 16.0 Å². The third kappa shape index (κ3) is 4.48. The van der Waals surface area contributed by atoms with E-state index in [-0.39, 0.29) is 11.9 Å². The summed E-state index contributed by atoms with van der Waals surface area (Å²) in [6.45, 7) is 3.84. The molecular weight excluding hydrogens is 338 g/mol. The molecule has 0 radical (unpaired) electrons. The lowest BCUT2D eigenvalue weighted by Gasteiger charge is -2.30. The first kappa shape index (κ1) is 17.7. The Morgan fingerprint density at radius 3 is 3.12 bits per heavy atom. The van der Waals surface area contributed by atoms with E-state index in [9.17, 15) is 4.79 Å². The molecule has 6 nitrogen and oxygen atoms in total. The largest absolute Gasteiger partial charge is 0.497 e. The highest BCUT2D eigenvalue weighted by Crippen LogP contribution is 2.26. The minimum absolute atomic E-state index is 0.0700. The summed E-state index contributed by atoms with van der Waals surface area (Å²) >= 11 is 1.39. The molecule has 0 amide bonds. The number of hydrogen-bond donors (Lipinski definition) is 0. The van der Waals surface area contributed by atoms with Gasteiger partial charge in [-0.1, -0.05) is 12.1 Å². The molecule has 1 fully saturated rings. The van der Waals surface area contributed by atoms with Gasteiger partial charge < -0.3 is 14.4 Å². The maximum atomic E-state index is 12.0. The van der Waals surface area contributed by atoms with E-state index in [1.807, 2.05) is 31.2 Å². The highest BCUT2D eigenvalue weighted by molar-refractivity contribution is 7.09. The molecule has 1 saturated heterocycles. The molecule has 1 aliphatic rings. The van der Waals surface area contributed by atoms with Crippen LogP contribution in [0.2, 0.25) is 0 Å². The first-order chi connectivity index (χ1) is 12.2. The monoisotopic (exact) mass is 361 g/mol. The average Bonchev–Trinajstić information content (AvgIpc) is 3.11. The van der Waals surface area contributed by atoms with Gasteiger partial charge in [-0.05, 0) is 37.5 Å². The van der Waals surface area contributed by atoms with Crippen molar-refractivity contribution < 1.29 is 14.3 Å². The van der Waals surface area contributed by atoms with Crippen LogP contribution in [-0.4, -0.2) is 42.1 Å². The Morgan fingerprint density at radius 2 is 2.32 bits per heavy atom. The zero-order valence-corrected chi connectivity index (χ0v) is 15.4. The zero-order valence-electron chi connectivity index (χ0n) is 14.6. The van der Waals surface area contributed by atoms with Crippen LogP contribution in [0.4, 0.5) is 5.13 Å². The summed E-state index contributed by atoms with van der Waals surface area (Å²) < 4.78 is 14.9. The number of anilines is 1. The van der Waals surface area contributed by atoms with Crippen molar-refractivity contribution in [3.8, 4) is 5.75 Å². The van der Waals surface area contributed by atoms with E-state index in [1.165, 1.54) is 11.5 Å². The number of methoxy groups -OCH3 is 1. The predicted octanol–water partition coefficient (Wildman–Crippen LogP) is 2.92. The molecule has 3 rings (SSSR count). The van der Waals surface area contributed by atoms with Crippen molar-refractivity contribution >= 4 is 22.6 Å². The summed E-state index contributed by atoms with van der Waals surface area (Å²) in [7, 11) is 1.66. The van der Waals surface area contributed by atoms with E-state index < -0.39 is 0 Å². The van der Waals surface area contributed by atoms with E-state index in [1.54, 1.807) is 7.11 Å². The zero-order chi connectivity index (χ0) is 17.6. The van der Waals surface area contributed by atoms with Crippen LogP contribution in [0.25, 0.3) is 0 Å². The molecule has 7 heteroatoms. The Kier molecular flexibility index (Phi) is 5.86. The van der Waals surface area contributed by atoms with Crippen molar-refractivity contribution in [3.63, 3.8) is 0 Å². The minimum atomic E-state index is -0.103. The van der Waals surface area contributed by atoms with Gasteiger partial charge in [-0.2, -0.15) is 4.37 Å². The molecule has 1 aromatic carbocycles. The number of benzene rings is 1. The Morgan fingerprint density at radius 1 is 1.44 bits per heavy atom. The molecule has 0 bridgehead atoms. The lowest BCUT2D eigenvalue weighted by molar-refractivity contribution is -0.148. The van der Waals surface area contributed by atoms with Gasteiger partial charge in [0.05, 0.1) is 19.6 Å².